The molecule has 6 nitrogen and oxygen atoms in total. The van der Waals surface area contributed by atoms with Gasteiger partial charge in [-0.2, -0.15) is 0 Å². The van der Waals surface area contributed by atoms with Gasteiger partial charge in [-0.3, -0.25) is 14.7 Å². The van der Waals surface area contributed by atoms with Crippen molar-refractivity contribution in [3.05, 3.63) is 54.0 Å². The number of amides is 1. The molecule has 2 aromatic rings. The topological polar surface area (TPSA) is 52.6 Å². The molecule has 2 aliphatic rings. The number of carbonyl (C=O) groups excluding carboxylic acids is 1. The predicted octanol–water partition coefficient (Wildman–Crippen LogP) is 2.39. The first kappa shape index (κ1) is 19.8. The average Bonchev–Trinajstić information content (AvgIpc) is 2.77. The largest absolute Gasteiger partial charge is 0.354 e. The van der Waals surface area contributed by atoms with Crippen LogP contribution in [0, 0.1) is 12.8 Å². The van der Waals surface area contributed by atoms with Crippen molar-refractivity contribution in [1.82, 2.24) is 19.8 Å². The number of anilines is 1. The molecule has 2 fully saturated rings. The Labute approximate surface area is 173 Å². The highest BCUT2D eigenvalue weighted by molar-refractivity contribution is 5.78. The van der Waals surface area contributed by atoms with E-state index in [4.69, 9.17) is 0 Å². The second kappa shape index (κ2) is 9.35. The fourth-order valence-corrected chi connectivity index (χ4v) is 4.40. The normalized spacial score (nSPS) is 20.7. The van der Waals surface area contributed by atoms with E-state index >= 15 is 0 Å². The van der Waals surface area contributed by atoms with Gasteiger partial charge in [0.25, 0.3) is 0 Å². The lowest BCUT2D eigenvalue weighted by Gasteiger charge is -2.39. The minimum Gasteiger partial charge on any atom is -0.354 e. The van der Waals surface area contributed by atoms with Crippen LogP contribution in [0.1, 0.15) is 24.1 Å². The molecule has 2 saturated heterocycles. The number of piperidine rings is 1. The van der Waals surface area contributed by atoms with Crippen LogP contribution >= 0.6 is 0 Å². The molecular formula is C23H31N5O. The summed E-state index contributed by atoms with van der Waals surface area (Å²) in [6, 6.07) is 10.1. The van der Waals surface area contributed by atoms with E-state index in [1.54, 1.807) is 0 Å². The van der Waals surface area contributed by atoms with E-state index in [-0.39, 0.29) is 5.91 Å². The number of nitrogens with zero attached hydrogens (tertiary/aromatic N) is 5. The van der Waals surface area contributed by atoms with Gasteiger partial charge in [0.15, 0.2) is 0 Å². The quantitative estimate of drug-likeness (QED) is 0.781. The molecule has 0 spiro atoms. The lowest BCUT2D eigenvalue weighted by atomic mass is 9.96. The Balaban J connectivity index is 1.25. The molecule has 154 valence electrons. The van der Waals surface area contributed by atoms with Gasteiger partial charge < -0.3 is 9.80 Å². The molecule has 0 radical (unpaired) electrons. The van der Waals surface area contributed by atoms with Gasteiger partial charge in [0.2, 0.25) is 5.91 Å². The van der Waals surface area contributed by atoms with Crippen molar-refractivity contribution < 1.29 is 4.79 Å². The lowest BCUT2D eigenvalue weighted by molar-refractivity contribution is -0.132. The van der Waals surface area contributed by atoms with Crippen LogP contribution in [0.4, 0.5) is 5.82 Å². The van der Waals surface area contributed by atoms with Crippen LogP contribution in [0.2, 0.25) is 0 Å². The molecule has 1 atom stereocenters. The minimum atomic E-state index is 0.236. The van der Waals surface area contributed by atoms with Gasteiger partial charge in [0, 0.05) is 63.9 Å². The molecule has 6 heteroatoms. The summed E-state index contributed by atoms with van der Waals surface area (Å²) in [5.74, 6) is 1.89. The van der Waals surface area contributed by atoms with Gasteiger partial charge in [-0.15, -0.1) is 0 Å². The van der Waals surface area contributed by atoms with E-state index < -0.39 is 0 Å². The van der Waals surface area contributed by atoms with E-state index in [0.29, 0.717) is 12.3 Å². The van der Waals surface area contributed by atoms with Crippen LogP contribution < -0.4 is 4.90 Å². The zero-order valence-electron chi connectivity index (χ0n) is 17.3. The predicted molar refractivity (Wildman–Crippen MR) is 115 cm³/mol. The van der Waals surface area contributed by atoms with Gasteiger partial charge in [-0.25, -0.2) is 4.98 Å². The first-order chi connectivity index (χ1) is 14.2. The SMILES string of the molecule is Cc1ccc(CC(=O)N2CCC[C@H](CN3CCN(c4ccccn4)CC3)C2)cn1. The number of hydrogen-bond donors (Lipinski definition) is 0. The third kappa shape index (κ3) is 5.32. The Morgan fingerprint density at radius 2 is 1.93 bits per heavy atom. The van der Waals surface area contributed by atoms with Gasteiger partial charge in [0.05, 0.1) is 6.42 Å². The average molecular weight is 394 g/mol. The molecule has 0 unspecified atom stereocenters. The number of aromatic nitrogens is 2. The molecule has 29 heavy (non-hydrogen) atoms. The number of pyridine rings is 2. The molecule has 4 rings (SSSR count). The van der Waals surface area contributed by atoms with E-state index in [2.05, 4.69) is 36.8 Å². The molecule has 0 N–H and O–H groups in total. The zero-order chi connectivity index (χ0) is 20.1. The maximum absolute atomic E-state index is 12.8. The molecule has 0 aliphatic carbocycles. The Kier molecular flexibility index (Phi) is 6.39. The number of hydrogen-bond acceptors (Lipinski definition) is 5. The zero-order valence-corrected chi connectivity index (χ0v) is 17.3. The fraction of sp³-hybridized carbons (Fsp3) is 0.522. The maximum atomic E-state index is 12.8. The van der Waals surface area contributed by atoms with Gasteiger partial charge in [0.1, 0.15) is 5.82 Å². The smallest absolute Gasteiger partial charge is 0.227 e. The first-order valence-corrected chi connectivity index (χ1v) is 10.7. The third-order valence-electron chi connectivity index (χ3n) is 6.06. The summed E-state index contributed by atoms with van der Waals surface area (Å²) in [5.41, 5.74) is 2.00. The summed E-state index contributed by atoms with van der Waals surface area (Å²) >= 11 is 0. The van der Waals surface area contributed by atoms with Crippen LogP contribution in [0.3, 0.4) is 0 Å². The molecule has 0 aromatic carbocycles. The molecule has 4 heterocycles. The number of piperazine rings is 1. The second-order valence-electron chi connectivity index (χ2n) is 8.31. The van der Waals surface area contributed by atoms with Crippen molar-refractivity contribution in [3.63, 3.8) is 0 Å². The maximum Gasteiger partial charge on any atom is 0.227 e. The second-order valence-corrected chi connectivity index (χ2v) is 8.31. The van der Waals surface area contributed by atoms with Crippen molar-refractivity contribution in [2.75, 3.05) is 50.7 Å². The Bertz CT molecular complexity index is 787. The van der Waals surface area contributed by atoms with Crippen LogP contribution in [0.5, 0.6) is 0 Å². The number of rotatable bonds is 5. The van der Waals surface area contributed by atoms with Crippen molar-refractivity contribution in [2.45, 2.75) is 26.2 Å². The highest BCUT2D eigenvalue weighted by Gasteiger charge is 2.27. The summed E-state index contributed by atoms with van der Waals surface area (Å²) in [4.78, 5) is 28.5. The monoisotopic (exact) mass is 393 g/mol. The van der Waals surface area contributed by atoms with Crippen molar-refractivity contribution >= 4 is 11.7 Å². The highest BCUT2D eigenvalue weighted by Crippen LogP contribution is 2.20. The standard InChI is InChI=1S/C23H31N5O/c1-19-7-8-20(16-25-19)15-23(29)28-10-4-5-21(18-28)17-26-11-13-27(14-12-26)22-6-2-3-9-24-22/h2-3,6-9,16,21H,4-5,10-15,17-18H2,1H3/t21-/m1/s1. The van der Waals surface area contributed by atoms with Crippen LogP contribution in [-0.4, -0.2) is 71.5 Å². The van der Waals surface area contributed by atoms with E-state index in [9.17, 15) is 4.79 Å². The van der Waals surface area contributed by atoms with Gasteiger partial charge in [-0.05, 0) is 49.4 Å². The summed E-state index contributed by atoms with van der Waals surface area (Å²) < 4.78 is 0. The van der Waals surface area contributed by atoms with Crippen molar-refractivity contribution in [3.8, 4) is 0 Å². The van der Waals surface area contributed by atoms with E-state index in [1.165, 1.54) is 6.42 Å². The fourth-order valence-electron chi connectivity index (χ4n) is 4.40. The summed E-state index contributed by atoms with van der Waals surface area (Å²) in [5, 5.41) is 0. The molecule has 2 aromatic heterocycles. The van der Waals surface area contributed by atoms with E-state index in [0.717, 1.165) is 69.3 Å². The van der Waals surface area contributed by atoms with Crippen LogP contribution in [0.25, 0.3) is 0 Å². The van der Waals surface area contributed by atoms with E-state index in [1.807, 2.05) is 37.5 Å². The van der Waals surface area contributed by atoms with Crippen molar-refractivity contribution in [1.29, 1.82) is 0 Å². The lowest BCUT2D eigenvalue weighted by Crippen LogP contribution is -2.50. The molecule has 1 amide bonds. The van der Waals surface area contributed by atoms with Crippen LogP contribution in [0.15, 0.2) is 42.7 Å². The van der Waals surface area contributed by atoms with Crippen molar-refractivity contribution in [2.24, 2.45) is 5.92 Å². The number of aryl methyl sites for hydroxylation is 1. The summed E-state index contributed by atoms with van der Waals surface area (Å²) in [6.45, 7) is 9.01. The summed E-state index contributed by atoms with van der Waals surface area (Å²) in [7, 11) is 0. The summed E-state index contributed by atoms with van der Waals surface area (Å²) in [6.07, 6.45) is 6.48. The highest BCUT2D eigenvalue weighted by atomic mass is 16.2. The van der Waals surface area contributed by atoms with Crippen LogP contribution in [-0.2, 0) is 11.2 Å². The third-order valence-corrected chi connectivity index (χ3v) is 6.06. The minimum absolute atomic E-state index is 0.236. The Morgan fingerprint density at radius 3 is 2.66 bits per heavy atom. The molecule has 0 bridgehead atoms. The molecule has 0 saturated carbocycles. The molecular weight excluding hydrogens is 362 g/mol. The first-order valence-electron chi connectivity index (χ1n) is 10.7. The Hall–Kier alpha value is -2.47. The number of likely N-dealkylation sites (tertiary alicyclic amines) is 1. The molecule has 2 aliphatic heterocycles. The Morgan fingerprint density at radius 1 is 1.07 bits per heavy atom. The van der Waals surface area contributed by atoms with Gasteiger partial charge >= 0.3 is 0 Å². The number of carbonyl (C=O) groups is 1. The van der Waals surface area contributed by atoms with Gasteiger partial charge in [-0.1, -0.05) is 12.1 Å².